The van der Waals surface area contributed by atoms with E-state index >= 15 is 4.39 Å². The molecule has 1 aromatic carbocycles. The number of nitrogens with one attached hydrogen (secondary N) is 2. The second-order valence-electron chi connectivity index (χ2n) is 11.5. The van der Waals surface area contributed by atoms with Gasteiger partial charge in [0.15, 0.2) is 17.2 Å². The number of amides is 2. The lowest BCUT2D eigenvalue weighted by molar-refractivity contribution is -0.172. The van der Waals surface area contributed by atoms with Crippen LogP contribution in [0.5, 0.6) is 11.5 Å². The van der Waals surface area contributed by atoms with E-state index in [0.29, 0.717) is 22.5 Å². The van der Waals surface area contributed by atoms with Crippen molar-refractivity contribution in [1.82, 2.24) is 20.2 Å². The zero-order chi connectivity index (χ0) is 30.8. The van der Waals surface area contributed by atoms with E-state index in [9.17, 15) is 24.3 Å². The Bertz CT molecular complexity index is 1800. The number of aromatic nitrogens is 2. The predicted molar refractivity (Wildman–Crippen MR) is 147 cm³/mol. The summed E-state index contributed by atoms with van der Waals surface area (Å²) >= 11 is 0. The molecule has 1 atom stereocenters. The van der Waals surface area contributed by atoms with Gasteiger partial charge < -0.3 is 39.3 Å². The monoisotopic (exact) mass is 596 g/mol. The summed E-state index contributed by atoms with van der Waals surface area (Å²) in [6, 6.07) is 3.05. The van der Waals surface area contributed by atoms with Gasteiger partial charge in [-0.15, -0.1) is 0 Å². The number of fused-ring (bicyclic) bond motifs is 6. The molecule has 3 N–H and O–H groups in total. The minimum absolute atomic E-state index is 0.0204. The first kappa shape index (κ1) is 28.4. The van der Waals surface area contributed by atoms with Crippen LogP contribution in [0.2, 0.25) is 0 Å². The molecule has 0 aliphatic carbocycles. The maximum Gasteiger partial charge on any atom is 0.408 e. The normalized spacial score (nSPS) is 18.0. The Morgan fingerprint density at radius 1 is 1.16 bits per heavy atom. The fourth-order valence-corrected chi connectivity index (χ4v) is 5.55. The molecule has 14 heteroatoms. The molecule has 6 rings (SSSR count). The van der Waals surface area contributed by atoms with Gasteiger partial charge in [-0.3, -0.25) is 9.59 Å². The molecule has 2 amide bonds. The van der Waals surface area contributed by atoms with Crippen molar-refractivity contribution in [2.24, 2.45) is 0 Å². The van der Waals surface area contributed by atoms with Crippen molar-refractivity contribution in [2.45, 2.75) is 65.0 Å². The number of carbonyl (C=O) groups is 3. The number of halogens is 1. The van der Waals surface area contributed by atoms with E-state index in [2.05, 4.69) is 15.6 Å². The lowest BCUT2D eigenvalue weighted by atomic mass is 9.86. The minimum atomic E-state index is -2.02. The number of esters is 1. The molecule has 13 nitrogen and oxygen atoms in total. The van der Waals surface area contributed by atoms with E-state index < -0.39 is 47.1 Å². The number of alkyl carbamates (subject to hydrolysis) is 1. The van der Waals surface area contributed by atoms with E-state index in [-0.39, 0.29) is 66.4 Å². The molecule has 226 valence electrons. The lowest BCUT2D eigenvalue weighted by Gasteiger charge is -2.31. The average molecular weight is 597 g/mol. The zero-order valence-electron chi connectivity index (χ0n) is 23.9. The molecular weight excluding hydrogens is 567 g/mol. The van der Waals surface area contributed by atoms with Crippen LogP contribution in [0.1, 0.15) is 56.4 Å². The standard InChI is InChI=1S/C29H29FN4O9/c1-5-29(39)16-6-18-23-14(10-34(18)25(36)15(16)11-40-26(29)37)13(8-31-20(35)9-32-27(38)43-28(2,3)4)21-17(33-23)7-19-24(22(21)30)42-12-41-19/h6-7,39H,5,8-12H2,1-4H3,(H,31,35)(H,32,38)/t29-/m0/s1. The maximum atomic E-state index is 15.9. The topological polar surface area (TPSA) is 167 Å². The van der Waals surface area contributed by atoms with Crippen LogP contribution < -0.4 is 25.7 Å². The van der Waals surface area contributed by atoms with E-state index in [1.807, 2.05) is 0 Å². The third-order valence-corrected chi connectivity index (χ3v) is 7.62. The molecule has 0 radical (unpaired) electrons. The van der Waals surface area contributed by atoms with Gasteiger partial charge in [-0.2, -0.15) is 0 Å². The number of hydrogen-bond donors (Lipinski definition) is 3. The van der Waals surface area contributed by atoms with Crippen LogP contribution in [0.15, 0.2) is 16.9 Å². The number of benzene rings is 1. The van der Waals surface area contributed by atoms with Crippen molar-refractivity contribution < 1.29 is 42.8 Å². The second-order valence-corrected chi connectivity index (χ2v) is 11.5. The summed E-state index contributed by atoms with van der Waals surface area (Å²) in [4.78, 5) is 55.5. The maximum absolute atomic E-state index is 15.9. The Hall–Kier alpha value is -4.72. The third kappa shape index (κ3) is 4.61. The molecular formula is C29H29FN4O9. The van der Waals surface area contributed by atoms with Crippen molar-refractivity contribution in [3.8, 4) is 22.9 Å². The zero-order valence-corrected chi connectivity index (χ0v) is 23.9. The van der Waals surface area contributed by atoms with Gasteiger partial charge in [0.1, 0.15) is 18.8 Å². The van der Waals surface area contributed by atoms with Crippen LogP contribution >= 0.6 is 0 Å². The van der Waals surface area contributed by atoms with Crippen LogP contribution in [-0.4, -0.2) is 51.6 Å². The van der Waals surface area contributed by atoms with Crippen LogP contribution in [-0.2, 0) is 44.4 Å². The molecule has 0 fully saturated rings. The van der Waals surface area contributed by atoms with Crippen molar-refractivity contribution in [2.75, 3.05) is 13.3 Å². The molecule has 0 spiro atoms. The van der Waals surface area contributed by atoms with Crippen molar-refractivity contribution in [1.29, 1.82) is 0 Å². The number of ether oxygens (including phenoxy) is 4. The quantitative estimate of drug-likeness (QED) is 0.290. The largest absolute Gasteiger partial charge is 0.458 e. The molecule has 3 aliphatic heterocycles. The van der Waals surface area contributed by atoms with E-state index in [4.69, 9.17) is 18.9 Å². The Morgan fingerprint density at radius 3 is 2.65 bits per heavy atom. The molecule has 3 aliphatic rings. The summed E-state index contributed by atoms with van der Waals surface area (Å²) in [6.07, 6.45) is -0.798. The summed E-state index contributed by atoms with van der Waals surface area (Å²) < 4.78 is 38.3. The highest BCUT2D eigenvalue weighted by atomic mass is 19.1. The first-order chi connectivity index (χ1) is 20.3. The number of cyclic esters (lactones) is 1. The van der Waals surface area contributed by atoms with Gasteiger partial charge in [0.2, 0.25) is 18.4 Å². The smallest absolute Gasteiger partial charge is 0.408 e. The first-order valence-electron chi connectivity index (χ1n) is 13.7. The van der Waals surface area contributed by atoms with Gasteiger partial charge in [-0.05, 0) is 38.8 Å². The average Bonchev–Trinajstić information content (AvgIpc) is 3.57. The van der Waals surface area contributed by atoms with Crippen LogP contribution in [0, 0.1) is 5.82 Å². The summed E-state index contributed by atoms with van der Waals surface area (Å²) in [5.74, 6) is -2.11. The fourth-order valence-electron chi connectivity index (χ4n) is 5.55. The lowest BCUT2D eigenvalue weighted by Crippen LogP contribution is -2.44. The highest BCUT2D eigenvalue weighted by Gasteiger charge is 2.45. The van der Waals surface area contributed by atoms with Crippen molar-refractivity contribution in [3.05, 3.63) is 50.6 Å². The predicted octanol–water partition coefficient (Wildman–Crippen LogP) is 2.09. The molecule has 43 heavy (non-hydrogen) atoms. The number of aliphatic hydroxyl groups is 1. The summed E-state index contributed by atoms with van der Waals surface area (Å²) in [7, 11) is 0. The molecule has 3 aromatic rings. The molecule has 0 unspecified atom stereocenters. The first-order valence-corrected chi connectivity index (χ1v) is 13.7. The van der Waals surface area contributed by atoms with Crippen molar-refractivity contribution in [3.63, 3.8) is 0 Å². The number of hydrogen-bond acceptors (Lipinski definition) is 10. The molecule has 0 bridgehead atoms. The SMILES string of the molecule is CC[C@@]1(O)C(=O)OCc2c1cc1n(c2=O)Cc2c-1nc1cc3c(c(F)c1c2CNC(=O)CNC(=O)OC(C)(C)C)OCO3. The summed E-state index contributed by atoms with van der Waals surface area (Å²) in [6.45, 7) is 5.59. The van der Waals surface area contributed by atoms with Gasteiger partial charge in [-0.1, -0.05) is 6.92 Å². The molecule has 0 saturated heterocycles. The van der Waals surface area contributed by atoms with E-state index in [0.717, 1.165) is 0 Å². The Kier molecular flexibility index (Phi) is 6.56. The summed E-state index contributed by atoms with van der Waals surface area (Å²) in [5, 5.41) is 16.3. The highest BCUT2D eigenvalue weighted by molar-refractivity contribution is 5.92. The fraction of sp³-hybridized carbons (Fsp3) is 0.414. The molecule has 5 heterocycles. The number of pyridine rings is 2. The van der Waals surface area contributed by atoms with E-state index in [1.165, 1.54) is 10.6 Å². The summed E-state index contributed by atoms with van der Waals surface area (Å²) in [5.41, 5.74) is -1.37. The Balaban J connectivity index is 1.43. The van der Waals surface area contributed by atoms with Gasteiger partial charge >= 0.3 is 12.1 Å². The van der Waals surface area contributed by atoms with Gasteiger partial charge in [0.05, 0.1) is 29.0 Å². The third-order valence-electron chi connectivity index (χ3n) is 7.62. The number of nitrogens with zero attached hydrogens (tertiary/aromatic N) is 2. The second kappa shape index (κ2) is 9.93. The van der Waals surface area contributed by atoms with Crippen LogP contribution in [0.4, 0.5) is 9.18 Å². The van der Waals surface area contributed by atoms with Gasteiger partial charge in [0, 0.05) is 29.1 Å². The van der Waals surface area contributed by atoms with Crippen LogP contribution in [0.3, 0.4) is 0 Å². The number of rotatable bonds is 5. The molecule has 0 saturated carbocycles. The Labute approximate surface area is 243 Å². The minimum Gasteiger partial charge on any atom is -0.458 e. The highest BCUT2D eigenvalue weighted by Crippen LogP contribution is 2.45. The number of carbonyl (C=O) groups excluding carboxylic acids is 3. The van der Waals surface area contributed by atoms with E-state index in [1.54, 1.807) is 33.8 Å². The van der Waals surface area contributed by atoms with Crippen LogP contribution in [0.25, 0.3) is 22.3 Å². The van der Waals surface area contributed by atoms with Crippen molar-refractivity contribution >= 4 is 28.9 Å². The van der Waals surface area contributed by atoms with Gasteiger partial charge in [-0.25, -0.2) is 19.0 Å². The van der Waals surface area contributed by atoms with Gasteiger partial charge in [0.25, 0.3) is 5.56 Å². The molecule has 2 aromatic heterocycles. The Morgan fingerprint density at radius 2 is 1.93 bits per heavy atom.